The van der Waals surface area contributed by atoms with Crippen molar-refractivity contribution in [3.63, 3.8) is 0 Å². The minimum Gasteiger partial charge on any atom is -0.497 e. The van der Waals surface area contributed by atoms with E-state index in [1.165, 1.54) is 37.3 Å². The Bertz CT molecular complexity index is 1350. The van der Waals surface area contributed by atoms with Gasteiger partial charge in [0.1, 0.15) is 24.2 Å². The molecule has 0 aromatic heterocycles. The molecule has 0 fully saturated rings. The number of hydrogen-bond donors (Lipinski definition) is 1. The number of likely N-dealkylation sites (N-methyl/N-ethyl adjacent to an activating group) is 1. The lowest BCUT2D eigenvalue weighted by Crippen LogP contribution is -2.50. The number of halogens is 2. The molecule has 0 unspecified atom stereocenters. The first-order chi connectivity index (χ1) is 17.6. The largest absolute Gasteiger partial charge is 0.497 e. The third kappa shape index (κ3) is 6.58. The molecule has 11 heteroatoms. The smallest absolute Gasteiger partial charge is 0.264 e. The van der Waals surface area contributed by atoms with Crippen molar-refractivity contribution in [2.45, 2.75) is 24.4 Å². The van der Waals surface area contributed by atoms with Crippen molar-refractivity contribution in [3.05, 3.63) is 89.2 Å². The van der Waals surface area contributed by atoms with E-state index in [0.717, 1.165) is 16.4 Å². The Morgan fingerprint density at radius 1 is 1.05 bits per heavy atom. The average molecular weight is 548 g/mol. The second kappa shape index (κ2) is 12.1. The van der Waals surface area contributed by atoms with Crippen molar-refractivity contribution in [3.8, 4) is 5.75 Å². The maximum absolute atomic E-state index is 13.9. The molecule has 0 radical (unpaired) electrons. The normalized spacial score (nSPS) is 11.9. The van der Waals surface area contributed by atoms with Gasteiger partial charge in [-0.05, 0) is 55.0 Å². The quantitative estimate of drug-likeness (QED) is 0.416. The van der Waals surface area contributed by atoms with Gasteiger partial charge in [-0.1, -0.05) is 41.9 Å². The third-order valence-electron chi connectivity index (χ3n) is 5.73. The van der Waals surface area contributed by atoms with E-state index in [2.05, 4.69) is 5.32 Å². The van der Waals surface area contributed by atoms with Crippen molar-refractivity contribution in [2.24, 2.45) is 0 Å². The molecule has 0 spiro atoms. The van der Waals surface area contributed by atoms with E-state index in [-0.39, 0.29) is 22.2 Å². The van der Waals surface area contributed by atoms with E-state index < -0.39 is 40.2 Å². The van der Waals surface area contributed by atoms with E-state index >= 15 is 0 Å². The van der Waals surface area contributed by atoms with Gasteiger partial charge in [-0.3, -0.25) is 13.9 Å². The van der Waals surface area contributed by atoms with E-state index in [1.54, 1.807) is 49.4 Å². The van der Waals surface area contributed by atoms with E-state index in [4.69, 9.17) is 16.3 Å². The maximum atomic E-state index is 13.9. The minimum absolute atomic E-state index is 0.000552. The summed E-state index contributed by atoms with van der Waals surface area (Å²) >= 11 is 5.94. The molecule has 3 rings (SSSR count). The van der Waals surface area contributed by atoms with E-state index in [0.29, 0.717) is 11.3 Å². The topological polar surface area (TPSA) is 96.0 Å². The monoisotopic (exact) mass is 547 g/mol. The number of nitrogens with one attached hydrogen (secondary N) is 1. The Morgan fingerprint density at radius 3 is 2.27 bits per heavy atom. The van der Waals surface area contributed by atoms with E-state index in [9.17, 15) is 22.4 Å². The molecule has 8 nitrogen and oxygen atoms in total. The maximum Gasteiger partial charge on any atom is 0.264 e. The molecule has 1 N–H and O–H groups in total. The Balaban J connectivity index is 2.03. The van der Waals surface area contributed by atoms with Gasteiger partial charge in [0, 0.05) is 13.6 Å². The molecule has 3 aromatic carbocycles. The van der Waals surface area contributed by atoms with Crippen molar-refractivity contribution in [2.75, 3.05) is 25.0 Å². The fourth-order valence-corrected chi connectivity index (χ4v) is 5.21. The van der Waals surface area contributed by atoms with Crippen LogP contribution in [0.4, 0.5) is 10.1 Å². The number of nitrogens with zero attached hydrogens (tertiary/aromatic N) is 2. The number of benzene rings is 3. The van der Waals surface area contributed by atoms with Gasteiger partial charge in [0.05, 0.1) is 22.7 Å². The minimum atomic E-state index is -4.26. The summed E-state index contributed by atoms with van der Waals surface area (Å²) in [5, 5.41) is 2.22. The fourth-order valence-electron chi connectivity index (χ4n) is 3.61. The summed E-state index contributed by atoms with van der Waals surface area (Å²) in [7, 11) is -1.28. The molecule has 196 valence electrons. The molecular weight excluding hydrogens is 521 g/mol. The summed E-state index contributed by atoms with van der Waals surface area (Å²) in [5.41, 5.74) is 0.702. The molecule has 0 saturated heterocycles. The van der Waals surface area contributed by atoms with Crippen molar-refractivity contribution in [1.29, 1.82) is 0 Å². The molecule has 37 heavy (non-hydrogen) atoms. The van der Waals surface area contributed by atoms with Gasteiger partial charge in [-0.15, -0.1) is 0 Å². The molecule has 1 atom stereocenters. The molecule has 2 amide bonds. The van der Waals surface area contributed by atoms with Crippen LogP contribution < -0.4 is 14.4 Å². The SMILES string of the molecule is CNC(=O)[C@H](C)N(Cc1ccc(OC)cc1)C(=O)CN(c1ccc(F)c(Cl)c1)S(=O)(=O)c1ccccc1. The first kappa shape index (κ1) is 27.9. The highest BCUT2D eigenvalue weighted by molar-refractivity contribution is 7.92. The van der Waals surface area contributed by atoms with Crippen molar-refractivity contribution >= 4 is 39.1 Å². The molecule has 0 aliphatic rings. The van der Waals surface area contributed by atoms with Crippen LogP contribution in [0, 0.1) is 5.82 Å². The van der Waals surface area contributed by atoms with Gasteiger partial charge in [0.15, 0.2) is 0 Å². The Labute approximate surface area is 220 Å². The Kier molecular flexibility index (Phi) is 9.12. The number of amides is 2. The zero-order valence-corrected chi connectivity index (χ0v) is 22.1. The zero-order valence-electron chi connectivity index (χ0n) is 20.5. The summed E-state index contributed by atoms with van der Waals surface area (Å²) in [6.45, 7) is 0.919. The summed E-state index contributed by atoms with van der Waals surface area (Å²) in [6, 6.07) is 16.9. The molecule has 0 heterocycles. The number of carbonyl (C=O) groups is 2. The zero-order chi connectivity index (χ0) is 27.2. The first-order valence-corrected chi connectivity index (χ1v) is 13.1. The predicted molar refractivity (Wildman–Crippen MR) is 139 cm³/mol. The number of anilines is 1. The lowest BCUT2D eigenvalue weighted by Gasteiger charge is -2.31. The van der Waals surface area contributed by atoms with Crippen LogP contribution in [0.15, 0.2) is 77.7 Å². The van der Waals surface area contributed by atoms with E-state index in [1.807, 2.05) is 0 Å². The molecule has 3 aromatic rings. The third-order valence-corrected chi connectivity index (χ3v) is 7.80. The van der Waals surface area contributed by atoms with Crippen molar-refractivity contribution < 1.29 is 27.1 Å². The van der Waals surface area contributed by atoms with Crippen LogP contribution in [0.2, 0.25) is 5.02 Å². The predicted octanol–water partition coefficient (Wildman–Crippen LogP) is 3.85. The van der Waals surface area contributed by atoms with Crippen LogP contribution in [0.25, 0.3) is 0 Å². The molecular formula is C26H27ClFN3O5S. The van der Waals surface area contributed by atoms with Gasteiger partial charge in [0.2, 0.25) is 11.8 Å². The van der Waals surface area contributed by atoms with Gasteiger partial charge < -0.3 is 15.0 Å². The Morgan fingerprint density at radius 2 is 1.70 bits per heavy atom. The molecule has 0 aliphatic heterocycles. The van der Waals surface area contributed by atoms with Crippen LogP contribution in [0.3, 0.4) is 0 Å². The number of ether oxygens (including phenoxy) is 1. The van der Waals surface area contributed by atoms with Crippen LogP contribution in [0.1, 0.15) is 12.5 Å². The molecule has 0 bridgehead atoms. The van der Waals surface area contributed by atoms with Crippen LogP contribution in [0.5, 0.6) is 5.75 Å². The van der Waals surface area contributed by atoms with Gasteiger partial charge in [-0.25, -0.2) is 12.8 Å². The summed E-state index contributed by atoms with van der Waals surface area (Å²) in [5.74, 6) is -1.19. The second-order valence-electron chi connectivity index (χ2n) is 8.08. The van der Waals surface area contributed by atoms with Gasteiger partial charge >= 0.3 is 0 Å². The highest BCUT2D eigenvalue weighted by atomic mass is 35.5. The van der Waals surface area contributed by atoms with Crippen molar-refractivity contribution in [1.82, 2.24) is 10.2 Å². The molecule has 0 aliphatic carbocycles. The summed E-state index contributed by atoms with van der Waals surface area (Å²) in [6.07, 6.45) is 0. The fraction of sp³-hybridized carbons (Fsp3) is 0.231. The number of carbonyl (C=O) groups excluding carboxylic acids is 2. The van der Waals surface area contributed by atoms with Crippen LogP contribution in [-0.2, 0) is 26.2 Å². The second-order valence-corrected chi connectivity index (χ2v) is 10.4. The van der Waals surface area contributed by atoms with Crippen LogP contribution >= 0.6 is 11.6 Å². The summed E-state index contributed by atoms with van der Waals surface area (Å²) in [4.78, 5) is 27.4. The standard InChI is InChI=1S/C26H27ClFN3O5S/c1-18(26(33)29-2)30(16-19-9-12-21(36-3)13-10-19)25(32)17-31(20-11-14-24(28)23(27)15-20)37(34,35)22-7-5-4-6-8-22/h4-15,18H,16-17H2,1-3H3,(H,29,33)/t18-/m0/s1. The molecule has 0 saturated carbocycles. The number of methoxy groups -OCH3 is 1. The number of sulfonamides is 1. The van der Waals surface area contributed by atoms with Gasteiger partial charge in [0.25, 0.3) is 10.0 Å². The lowest BCUT2D eigenvalue weighted by molar-refractivity contribution is -0.139. The van der Waals surface area contributed by atoms with Gasteiger partial charge in [-0.2, -0.15) is 0 Å². The highest BCUT2D eigenvalue weighted by Gasteiger charge is 2.32. The highest BCUT2D eigenvalue weighted by Crippen LogP contribution is 2.28. The number of rotatable bonds is 10. The number of hydrogen-bond acceptors (Lipinski definition) is 5. The Hall–Kier alpha value is -3.63. The first-order valence-electron chi connectivity index (χ1n) is 11.2. The summed E-state index contributed by atoms with van der Waals surface area (Å²) < 4.78 is 47.1. The average Bonchev–Trinajstić information content (AvgIpc) is 2.91. The lowest BCUT2D eigenvalue weighted by atomic mass is 10.1. The van der Waals surface area contributed by atoms with Crippen LogP contribution in [-0.4, -0.2) is 51.9 Å².